The molecule has 3 saturated carbocycles. The number of aromatic nitrogens is 2. The average molecular weight is 409 g/mol. The summed E-state index contributed by atoms with van der Waals surface area (Å²) in [7, 11) is -3.16. The number of hydrogen-bond acceptors (Lipinski definition) is 4. The maximum atomic E-state index is 12.6. The van der Waals surface area contributed by atoms with Gasteiger partial charge in [0.25, 0.3) is 5.91 Å². The second-order valence-corrected chi connectivity index (χ2v) is 11.4. The largest absolute Gasteiger partial charge is 0.350 e. The summed E-state index contributed by atoms with van der Waals surface area (Å²) in [4.78, 5) is 16.9. The van der Waals surface area contributed by atoms with E-state index in [2.05, 4.69) is 28.9 Å². The molecule has 28 heavy (non-hydrogen) atoms. The molecule has 3 aliphatic carbocycles. The zero-order valence-electron chi connectivity index (χ0n) is 17.3. The summed E-state index contributed by atoms with van der Waals surface area (Å²) >= 11 is 0. The fourth-order valence-corrected chi connectivity index (χ4v) is 6.70. The summed E-state index contributed by atoms with van der Waals surface area (Å²) in [5.74, 6) is 2.21. The number of nitrogens with one attached hydrogen (secondary N) is 2. The second-order valence-electron chi connectivity index (χ2n) is 9.56. The van der Waals surface area contributed by atoms with Crippen molar-refractivity contribution in [3.8, 4) is 0 Å². The smallest absolute Gasteiger partial charge is 0.271 e. The Kier molecular flexibility index (Phi) is 4.65. The molecule has 4 rings (SSSR count). The highest BCUT2D eigenvalue weighted by atomic mass is 32.2. The quantitative estimate of drug-likeness (QED) is 0.643. The zero-order chi connectivity index (χ0) is 20.3. The Bertz CT molecular complexity index is 891. The molecular formula is C20H32N4O3S. The van der Waals surface area contributed by atoms with Crippen molar-refractivity contribution in [2.45, 2.75) is 53.0 Å². The topological polar surface area (TPSA) is 93.1 Å². The van der Waals surface area contributed by atoms with Gasteiger partial charge < -0.3 is 9.88 Å². The molecule has 3 fully saturated rings. The van der Waals surface area contributed by atoms with Gasteiger partial charge in [-0.15, -0.1) is 0 Å². The van der Waals surface area contributed by atoms with Crippen molar-refractivity contribution in [1.29, 1.82) is 0 Å². The summed E-state index contributed by atoms with van der Waals surface area (Å²) in [6, 6.07) is 0. The van der Waals surface area contributed by atoms with E-state index in [0.29, 0.717) is 42.0 Å². The number of amides is 1. The lowest BCUT2D eigenvalue weighted by atomic mass is 9.89. The predicted octanol–water partition coefficient (Wildman–Crippen LogP) is 1.93. The van der Waals surface area contributed by atoms with Crippen molar-refractivity contribution >= 4 is 15.9 Å². The molecule has 0 saturated heterocycles. The number of carbonyl (C=O) groups is 1. The monoisotopic (exact) mass is 408 g/mol. The van der Waals surface area contributed by atoms with Crippen LogP contribution in [-0.2, 0) is 16.6 Å². The summed E-state index contributed by atoms with van der Waals surface area (Å²) in [6.07, 6.45) is 7.34. The average Bonchev–Trinajstić information content (AvgIpc) is 3.41. The van der Waals surface area contributed by atoms with Crippen molar-refractivity contribution in [1.82, 2.24) is 19.6 Å². The lowest BCUT2D eigenvalue weighted by Gasteiger charge is -2.21. The number of carbonyl (C=O) groups excluding carboxylic acids is 1. The van der Waals surface area contributed by atoms with Gasteiger partial charge in [-0.25, -0.2) is 18.1 Å². The van der Waals surface area contributed by atoms with E-state index in [1.54, 1.807) is 6.33 Å². The van der Waals surface area contributed by atoms with Gasteiger partial charge in [0.15, 0.2) is 0 Å². The molecule has 0 aromatic carbocycles. The predicted molar refractivity (Wildman–Crippen MR) is 107 cm³/mol. The van der Waals surface area contributed by atoms with Crippen LogP contribution in [-0.4, -0.2) is 43.2 Å². The molecule has 0 aliphatic heterocycles. The third kappa shape index (κ3) is 3.18. The molecule has 4 unspecified atom stereocenters. The van der Waals surface area contributed by atoms with Crippen LogP contribution in [0.1, 0.15) is 55.7 Å². The molecule has 1 heterocycles. The van der Waals surface area contributed by atoms with Crippen LogP contribution in [0.2, 0.25) is 0 Å². The molecule has 7 nitrogen and oxygen atoms in total. The van der Waals surface area contributed by atoms with Crippen molar-refractivity contribution in [2.24, 2.45) is 28.6 Å². The number of hydrogen-bond donors (Lipinski definition) is 2. The first kappa shape index (κ1) is 19.9. The molecule has 156 valence electrons. The van der Waals surface area contributed by atoms with Gasteiger partial charge in [0.05, 0.1) is 12.6 Å². The Balaban J connectivity index is 1.27. The van der Waals surface area contributed by atoms with Gasteiger partial charge in [-0.05, 0) is 61.2 Å². The van der Waals surface area contributed by atoms with Crippen LogP contribution >= 0.6 is 0 Å². The van der Waals surface area contributed by atoms with Crippen molar-refractivity contribution in [2.75, 3.05) is 19.3 Å². The minimum atomic E-state index is -3.16. The molecular weight excluding hydrogens is 376 g/mol. The number of aryl methyl sites for hydroxylation is 1. The highest BCUT2D eigenvalue weighted by molar-refractivity contribution is 7.88. The van der Waals surface area contributed by atoms with E-state index in [9.17, 15) is 13.2 Å². The van der Waals surface area contributed by atoms with Gasteiger partial charge in [0, 0.05) is 25.3 Å². The Hall–Kier alpha value is -1.41. The standard InChI is InChI=1S/C20H32N4O3S/c1-13-17(22-12-24(13)9-5-8-23-28(4,26)27)18(25)21-11-14-6-7-16-19(2,3)20(16)10-15(14)20/h12,14-16,23H,5-11H2,1-4H3,(H,21,25). The summed E-state index contributed by atoms with van der Waals surface area (Å²) in [6.45, 7) is 8.47. The minimum absolute atomic E-state index is 0.0996. The zero-order valence-corrected chi connectivity index (χ0v) is 18.1. The van der Waals surface area contributed by atoms with Crippen molar-refractivity contribution < 1.29 is 13.2 Å². The first-order valence-electron chi connectivity index (χ1n) is 10.3. The van der Waals surface area contributed by atoms with Crippen LogP contribution in [0.3, 0.4) is 0 Å². The lowest BCUT2D eigenvalue weighted by Crippen LogP contribution is -2.32. The van der Waals surface area contributed by atoms with E-state index in [1.807, 2.05) is 11.5 Å². The van der Waals surface area contributed by atoms with E-state index in [1.165, 1.54) is 19.3 Å². The highest BCUT2D eigenvalue weighted by Gasteiger charge is 2.84. The fourth-order valence-electron chi connectivity index (χ4n) is 6.19. The maximum absolute atomic E-state index is 12.6. The highest BCUT2D eigenvalue weighted by Crippen LogP contribution is 2.89. The fraction of sp³-hybridized carbons (Fsp3) is 0.800. The number of nitrogens with zero attached hydrogens (tertiary/aromatic N) is 2. The molecule has 1 amide bonds. The van der Waals surface area contributed by atoms with Gasteiger partial charge in [0.1, 0.15) is 5.69 Å². The summed E-state index contributed by atoms with van der Waals surface area (Å²) < 4.78 is 26.6. The van der Waals surface area contributed by atoms with E-state index in [-0.39, 0.29) is 5.91 Å². The second kappa shape index (κ2) is 6.55. The lowest BCUT2D eigenvalue weighted by molar-refractivity contribution is 0.0936. The van der Waals surface area contributed by atoms with Crippen LogP contribution in [0.25, 0.3) is 0 Å². The molecule has 4 atom stereocenters. The van der Waals surface area contributed by atoms with E-state index in [0.717, 1.165) is 30.3 Å². The molecule has 0 bridgehead atoms. The molecule has 1 aromatic rings. The van der Waals surface area contributed by atoms with E-state index in [4.69, 9.17) is 0 Å². The van der Waals surface area contributed by atoms with Crippen LogP contribution in [0.5, 0.6) is 0 Å². The third-order valence-electron chi connectivity index (χ3n) is 7.84. The summed E-state index contributed by atoms with van der Waals surface area (Å²) in [5.41, 5.74) is 2.41. The van der Waals surface area contributed by atoms with Crippen molar-refractivity contribution in [3.05, 3.63) is 17.7 Å². The molecule has 1 spiro atoms. The molecule has 0 radical (unpaired) electrons. The minimum Gasteiger partial charge on any atom is -0.350 e. The van der Waals surface area contributed by atoms with Gasteiger partial charge in [0.2, 0.25) is 10.0 Å². The molecule has 2 N–H and O–H groups in total. The van der Waals surface area contributed by atoms with Gasteiger partial charge in [-0.1, -0.05) is 13.8 Å². The van der Waals surface area contributed by atoms with E-state index >= 15 is 0 Å². The van der Waals surface area contributed by atoms with Crippen LogP contribution in [0, 0.1) is 35.5 Å². The SMILES string of the molecule is Cc1c(C(=O)NCC2CCC3C(C)(C)C34CC24)ncn1CCCNS(C)(=O)=O. The van der Waals surface area contributed by atoms with Crippen molar-refractivity contribution in [3.63, 3.8) is 0 Å². The first-order valence-corrected chi connectivity index (χ1v) is 12.2. The van der Waals surface area contributed by atoms with Gasteiger partial charge >= 0.3 is 0 Å². The Morgan fingerprint density at radius 3 is 2.82 bits per heavy atom. The Labute approximate surface area is 167 Å². The summed E-state index contributed by atoms with van der Waals surface area (Å²) in [5, 5.41) is 3.12. The number of imidazole rings is 1. The number of rotatable bonds is 8. The Morgan fingerprint density at radius 1 is 1.36 bits per heavy atom. The van der Waals surface area contributed by atoms with E-state index < -0.39 is 10.0 Å². The third-order valence-corrected chi connectivity index (χ3v) is 8.57. The Morgan fingerprint density at radius 2 is 2.11 bits per heavy atom. The first-order chi connectivity index (χ1) is 13.1. The molecule has 3 aliphatic rings. The normalized spacial score (nSPS) is 32.4. The van der Waals surface area contributed by atoms with Gasteiger partial charge in [-0.2, -0.15) is 0 Å². The van der Waals surface area contributed by atoms with Gasteiger partial charge in [-0.3, -0.25) is 4.79 Å². The van der Waals surface area contributed by atoms with Crippen LogP contribution in [0.4, 0.5) is 0 Å². The molecule has 8 heteroatoms. The van der Waals surface area contributed by atoms with Crippen LogP contribution in [0.15, 0.2) is 6.33 Å². The molecule has 1 aromatic heterocycles. The number of sulfonamides is 1. The maximum Gasteiger partial charge on any atom is 0.271 e. The van der Waals surface area contributed by atoms with Crippen LogP contribution < -0.4 is 10.0 Å².